The number of amides is 1. The Balaban J connectivity index is 1.77. The number of H-pyrrole nitrogens is 1. The minimum absolute atomic E-state index is 0.0852. The Labute approximate surface area is 148 Å². The number of benzene rings is 1. The molecule has 1 aliphatic heterocycles. The third kappa shape index (κ3) is 4.02. The molecule has 1 fully saturated rings. The van der Waals surface area contributed by atoms with Gasteiger partial charge in [-0.05, 0) is 31.0 Å². The smallest absolute Gasteiger partial charge is 0.276 e. The lowest BCUT2D eigenvalue weighted by atomic mass is 9.92. The maximum absolute atomic E-state index is 12.6. The largest absolute Gasteiger partial charge is 0.393 e. The first-order valence-corrected chi connectivity index (χ1v) is 8.74. The molecule has 1 aliphatic rings. The minimum Gasteiger partial charge on any atom is -0.393 e. The van der Waals surface area contributed by atoms with Crippen LogP contribution in [0.1, 0.15) is 49.8 Å². The fourth-order valence-electron chi connectivity index (χ4n) is 2.97. The molecule has 1 amide bonds. The van der Waals surface area contributed by atoms with E-state index in [1.54, 1.807) is 6.07 Å². The van der Waals surface area contributed by atoms with E-state index in [1.807, 2.05) is 24.3 Å². The molecule has 25 heavy (non-hydrogen) atoms. The number of aliphatic hydroxyl groups is 1. The average molecular weight is 342 g/mol. The molecular formula is C19H26N4O2. The molecule has 2 aromatic rings. The van der Waals surface area contributed by atoms with Crippen LogP contribution in [0, 0.1) is 0 Å². The van der Waals surface area contributed by atoms with Gasteiger partial charge in [0.05, 0.1) is 17.5 Å². The summed E-state index contributed by atoms with van der Waals surface area (Å²) in [5.41, 5.74) is 2.97. The van der Waals surface area contributed by atoms with Crippen LogP contribution in [0.2, 0.25) is 0 Å². The molecule has 0 saturated carbocycles. The zero-order valence-electron chi connectivity index (χ0n) is 15.0. The van der Waals surface area contributed by atoms with Crippen molar-refractivity contribution in [2.24, 2.45) is 0 Å². The molecule has 134 valence electrons. The van der Waals surface area contributed by atoms with E-state index < -0.39 is 0 Å². The number of hydrogen-bond donors (Lipinski definition) is 3. The second kappa shape index (κ2) is 6.88. The van der Waals surface area contributed by atoms with Crippen molar-refractivity contribution in [2.75, 3.05) is 23.3 Å². The van der Waals surface area contributed by atoms with Gasteiger partial charge in [0.2, 0.25) is 0 Å². The summed E-state index contributed by atoms with van der Waals surface area (Å²) in [7, 11) is 0. The molecule has 1 aromatic carbocycles. The lowest BCUT2D eigenvalue weighted by Crippen LogP contribution is -2.36. The van der Waals surface area contributed by atoms with Gasteiger partial charge in [-0.25, -0.2) is 0 Å². The lowest BCUT2D eigenvalue weighted by molar-refractivity contribution is 0.102. The molecule has 6 nitrogen and oxygen atoms in total. The van der Waals surface area contributed by atoms with Gasteiger partial charge in [0, 0.05) is 24.2 Å². The van der Waals surface area contributed by atoms with Crippen LogP contribution in [0.5, 0.6) is 0 Å². The van der Waals surface area contributed by atoms with E-state index >= 15 is 0 Å². The predicted octanol–water partition coefficient (Wildman–Crippen LogP) is 2.92. The summed E-state index contributed by atoms with van der Waals surface area (Å²) in [4.78, 5) is 14.8. The van der Waals surface area contributed by atoms with Crippen molar-refractivity contribution in [3.8, 4) is 0 Å². The van der Waals surface area contributed by atoms with Crippen LogP contribution in [0.15, 0.2) is 30.3 Å². The topological polar surface area (TPSA) is 81.2 Å². The highest BCUT2D eigenvalue weighted by atomic mass is 16.3. The van der Waals surface area contributed by atoms with Gasteiger partial charge in [-0.1, -0.05) is 32.9 Å². The number of carbonyl (C=O) groups excluding carboxylic acids is 1. The molecule has 1 aromatic heterocycles. The summed E-state index contributed by atoms with van der Waals surface area (Å²) in [6.45, 7) is 7.78. The Morgan fingerprint density at radius 1 is 1.28 bits per heavy atom. The van der Waals surface area contributed by atoms with E-state index in [1.165, 1.54) is 0 Å². The van der Waals surface area contributed by atoms with Gasteiger partial charge in [-0.2, -0.15) is 5.10 Å². The van der Waals surface area contributed by atoms with Crippen LogP contribution >= 0.6 is 0 Å². The first-order valence-electron chi connectivity index (χ1n) is 8.74. The van der Waals surface area contributed by atoms with Gasteiger partial charge < -0.3 is 15.3 Å². The van der Waals surface area contributed by atoms with Gasteiger partial charge in [-0.3, -0.25) is 9.89 Å². The third-order valence-electron chi connectivity index (χ3n) is 4.58. The number of aromatic amines is 1. The summed E-state index contributed by atoms with van der Waals surface area (Å²) in [6.07, 6.45) is 1.27. The lowest BCUT2D eigenvalue weighted by Gasteiger charge is -2.32. The highest BCUT2D eigenvalue weighted by Gasteiger charge is 2.22. The molecule has 0 spiro atoms. The van der Waals surface area contributed by atoms with Crippen molar-refractivity contribution < 1.29 is 9.90 Å². The number of para-hydroxylation sites is 2. The SMILES string of the molecule is CC(C)(C)c1cc(C(=O)Nc2ccccc2N2CCC(O)CC2)n[nH]1. The van der Waals surface area contributed by atoms with E-state index in [4.69, 9.17) is 0 Å². The predicted molar refractivity (Wildman–Crippen MR) is 99.1 cm³/mol. The molecule has 0 atom stereocenters. The highest BCUT2D eigenvalue weighted by Crippen LogP contribution is 2.29. The summed E-state index contributed by atoms with van der Waals surface area (Å²) in [5.74, 6) is -0.226. The molecule has 3 N–H and O–H groups in total. The van der Waals surface area contributed by atoms with E-state index in [9.17, 15) is 9.90 Å². The zero-order valence-corrected chi connectivity index (χ0v) is 15.0. The highest BCUT2D eigenvalue weighted by molar-refractivity contribution is 6.04. The number of piperidine rings is 1. The van der Waals surface area contributed by atoms with Crippen molar-refractivity contribution >= 4 is 17.3 Å². The van der Waals surface area contributed by atoms with Crippen LogP contribution in [0.3, 0.4) is 0 Å². The summed E-state index contributed by atoms with van der Waals surface area (Å²) in [5, 5.41) is 19.8. The second-order valence-corrected chi connectivity index (χ2v) is 7.61. The molecule has 0 aliphatic carbocycles. The molecular weight excluding hydrogens is 316 g/mol. The zero-order chi connectivity index (χ0) is 18.0. The molecule has 1 saturated heterocycles. The van der Waals surface area contributed by atoms with Gasteiger partial charge in [-0.15, -0.1) is 0 Å². The number of hydrogen-bond acceptors (Lipinski definition) is 4. The van der Waals surface area contributed by atoms with Crippen molar-refractivity contribution in [3.63, 3.8) is 0 Å². The first-order chi connectivity index (χ1) is 11.8. The number of nitrogens with one attached hydrogen (secondary N) is 2. The Morgan fingerprint density at radius 2 is 1.96 bits per heavy atom. The summed E-state index contributed by atoms with van der Waals surface area (Å²) in [6, 6.07) is 9.56. The number of anilines is 2. The van der Waals surface area contributed by atoms with E-state index in [2.05, 4.69) is 41.2 Å². The summed E-state index contributed by atoms with van der Waals surface area (Å²) < 4.78 is 0. The van der Waals surface area contributed by atoms with E-state index in [-0.39, 0.29) is 17.4 Å². The molecule has 0 radical (unpaired) electrons. The van der Waals surface area contributed by atoms with E-state index in [0.717, 1.165) is 43.0 Å². The van der Waals surface area contributed by atoms with Crippen molar-refractivity contribution in [2.45, 2.75) is 45.1 Å². The normalized spacial score (nSPS) is 16.1. The van der Waals surface area contributed by atoms with Crippen molar-refractivity contribution in [1.82, 2.24) is 10.2 Å². The molecule has 0 unspecified atom stereocenters. The van der Waals surface area contributed by atoms with Gasteiger partial charge >= 0.3 is 0 Å². The van der Waals surface area contributed by atoms with Gasteiger partial charge in [0.15, 0.2) is 5.69 Å². The maximum atomic E-state index is 12.6. The quantitative estimate of drug-likeness (QED) is 0.801. The fourth-order valence-corrected chi connectivity index (χ4v) is 2.97. The second-order valence-electron chi connectivity index (χ2n) is 7.61. The van der Waals surface area contributed by atoms with Crippen LogP contribution < -0.4 is 10.2 Å². The minimum atomic E-state index is -0.226. The van der Waals surface area contributed by atoms with Crippen molar-refractivity contribution in [3.05, 3.63) is 41.7 Å². The van der Waals surface area contributed by atoms with Crippen LogP contribution in [0.25, 0.3) is 0 Å². The van der Waals surface area contributed by atoms with Crippen LogP contribution in [-0.4, -0.2) is 40.4 Å². The molecule has 0 bridgehead atoms. The molecule has 2 heterocycles. The first kappa shape index (κ1) is 17.5. The Hall–Kier alpha value is -2.34. The van der Waals surface area contributed by atoms with Gasteiger partial charge in [0.25, 0.3) is 5.91 Å². The number of carbonyl (C=O) groups is 1. The van der Waals surface area contributed by atoms with Gasteiger partial charge in [0.1, 0.15) is 0 Å². The Morgan fingerprint density at radius 3 is 2.60 bits per heavy atom. The Bertz CT molecular complexity index is 740. The van der Waals surface area contributed by atoms with Crippen LogP contribution in [-0.2, 0) is 5.41 Å². The monoisotopic (exact) mass is 342 g/mol. The average Bonchev–Trinajstić information content (AvgIpc) is 3.07. The summed E-state index contributed by atoms with van der Waals surface area (Å²) >= 11 is 0. The maximum Gasteiger partial charge on any atom is 0.276 e. The number of nitrogens with zero attached hydrogens (tertiary/aromatic N) is 2. The third-order valence-corrected chi connectivity index (χ3v) is 4.58. The Kier molecular flexibility index (Phi) is 4.81. The fraction of sp³-hybridized carbons (Fsp3) is 0.474. The van der Waals surface area contributed by atoms with E-state index in [0.29, 0.717) is 5.69 Å². The molecule has 6 heteroatoms. The standard InChI is InChI=1S/C19H26N4O2/c1-19(2,3)17-12-15(21-22-17)18(25)20-14-6-4-5-7-16(14)23-10-8-13(24)9-11-23/h4-7,12-13,24H,8-11H2,1-3H3,(H,20,25)(H,21,22). The van der Waals surface area contributed by atoms with Crippen LogP contribution in [0.4, 0.5) is 11.4 Å². The number of aromatic nitrogens is 2. The van der Waals surface area contributed by atoms with Crippen molar-refractivity contribution in [1.29, 1.82) is 0 Å². The number of aliphatic hydroxyl groups excluding tert-OH is 1. The number of rotatable bonds is 3. The molecule has 3 rings (SSSR count).